The van der Waals surface area contributed by atoms with Gasteiger partial charge in [0.25, 0.3) is 5.91 Å². The van der Waals surface area contributed by atoms with Crippen LogP contribution in [0.15, 0.2) is 48.7 Å². The number of nitrogens with zero attached hydrogens (tertiary/aromatic N) is 1. The van der Waals surface area contributed by atoms with Crippen LogP contribution in [-0.2, 0) is 13.0 Å². The van der Waals surface area contributed by atoms with E-state index in [1.807, 2.05) is 36.4 Å². The van der Waals surface area contributed by atoms with Gasteiger partial charge in [-0.05, 0) is 56.5 Å². The van der Waals surface area contributed by atoms with Crippen molar-refractivity contribution < 1.29 is 9.90 Å². The summed E-state index contributed by atoms with van der Waals surface area (Å²) in [6.07, 6.45) is 3.11. The molecule has 0 bridgehead atoms. The average Bonchev–Trinajstić information content (AvgIpc) is 2.51. The molecule has 2 rings (SSSR count). The zero-order valence-electron chi connectivity index (χ0n) is 13.0. The van der Waals surface area contributed by atoms with Gasteiger partial charge in [0.2, 0.25) is 0 Å². The van der Waals surface area contributed by atoms with E-state index < -0.39 is 5.60 Å². The van der Waals surface area contributed by atoms with Gasteiger partial charge in [0, 0.05) is 11.8 Å². The Hall–Kier alpha value is -2.20. The van der Waals surface area contributed by atoms with E-state index >= 15 is 0 Å². The number of aliphatic hydroxyl groups is 1. The van der Waals surface area contributed by atoms with Crippen molar-refractivity contribution in [2.45, 2.75) is 38.8 Å². The minimum atomic E-state index is -0.697. The lowest BCUT2D eigenvalue weighted by Gasteiger charge is -2.16. The standard InChI is InChI=1S/C18H22N2O2/c1-18(2,22)10-9-14-6-5-7-15(12-14)17(21)20-13-16-8-3-4-11-19-16/h3-8,11-12,22H,9-10,13H2,1-2H3,(H,20,21). The van der Waals surface area contributed by atoms with E-state index in [4.69, 9.17) is 0 Å². The number of hydrogen-bond acceptors (Lipinski definition) is 3. The maximum Gasteiger partial charge on any atom is 0.251 e. The summed E-state index contributed by atoms with van der Waals surface area (Å²) >= 11 is 0. The first-order chi connectivity index (χ1) is 10.4. The molecule has 0 unspecified atom stereocenters. The molecule has 0 fully saturated rings. The molecule has 0 aliphatic rings. The molecule has 116 valence electrons. The van der Waals surface area contributed by atoms with Crippen molar-refractivity contribution in [2.75, 3.05) is 0 Å². The van der Waals surface area contributed by atoms with E-state index in [1.54, 1.807) is 26.1 Å². The summed E-state index contributed by atoms with van der Waals surface area (Å²) < 4.78 is 0. The topological polar surface area (TPSA) is 62.2 Å². The van der Waals surface area contributed by atoms with E-state index in [-0.39, 0.29) is 5.91 Å². The van der Waals surface area contributed by atoms with Gasteiger partial charge in [-0.3, -0.25) is 9.78 Å². The largest absolute Gasteiger partial charge is 0.390 e. The maximum atomic E-state index is 12.2. The van der Waals surface area contributed by atoms with Gasteiger partial charge < -0.3 is 10.4 Å². The van der Waals surface area contributed by atoms with E-state index in [1.165, 1.54) is 0 Å². The number of amides is 1. The molecule has 1 amide bonds. The highest BCUT2D eigenvalue weighted by Crippen LogP contribution is 2.14. The second-order valence-corrected chi connectivity index (χ2v) is 6.02. The molecule has 2 N–H and O–H groups in total. The van der Waals surface area contributed by atoms with Crippen LogP contribution >= 0.6 is 0 Å². The third kappa shape index (κ3) is 5.30. The van der Waals surface area contributed by atoms with Crippen LogP contribution in [0.1, 0.15) is 41.9 Å². The van der Waals surface area contributed by atoms with E-state index in [0.29, 0.717) is 18.5 Å². The molecule has 2 aromatic rings. The number of hydrogen-bond donors (Lipinski definition) is 2. The quantitative estimate of drug-likeness (QED) is 0.862. The molecule has 1 aromatic heterocycles. The molecule has 0 saturated heterocycles. The zero-order chi connectivity index (χ0) is 16.0. The third-order valence-corrected chi connectivity index (χ3v) is 3.37. The number of benzene rings is 1. The minimum Gasteiger partial charge on any atom is -0.390 e. The monoisotopic (exact) mass is 298 g/mol. The third-order valence-electron chi connectivity index (χ3n) is 3.37. The molecule has 0 spiro atoms. The van der Waals surface area contributed by atoms with Crippen molar-refractivity contribution in [3.8, 4) is 0 Å². The van der Waals surface area contributed by atoms with Crippen molar-refractivity contribution in [1.82, 2.24) is 10.3 Å². The molecule has 4 nitrogen and oxygen atoms in total. The summed E-state index contributed by atoms with van der Waals surface area (Å²) in [7, 11) is 0. The van der Waals surface area contributed by atoms with Gasteiger partial charge in [-0.25, -0.2) is 0 Å². The van der Waals surface area contributed by atoms with Crippen molar-refractivity contribution in [3.63, 3.8) is 0 Å². The number of carbonyl (C=O) groups excluding carboxylic acids is 1. The molecule has 0 radical (unpaired) electrons. The fourth-order valence-electron chi connectivity index (χ4n) is 2.09. The number of carbonyl (C=O) groups is 1. The van der Waals surface area contributed by atoms with Crippen molar-refractivity contribution >= 4 is 5.91 Å². The fourth-order valence-corrected chi connectivity index (χ4v) is 2.09. The van der Waals surface area contributed by atoms with Crippen LogP contribution in [0.25, 0.3) is 0 Å². The van der Waals surface area contributed by atoms with Crippen LogP contribution in [0.2, 0.25) is 0 Å². The van der Waals surface area contributed by atoms with E-state index in [0.717, 1.165) is 17.7 Å². The Bertz CT molecular complexity index is 618. The van der Waals surface area contributed by atoms with Gasteiger partial charge in [0.05, 0.1) is 17.8 Å². The molecule has 0 saturated carbocycles. The number of nitrogens with one attached hydrogen (secondary N) is 1. The van der Waals surface area contributed by atoms with Gasteiger partial charge in [-0.1, -0.05) is 18.2 Å². The molecule has 1 aromatic carbocycles. The predicted octanol–water partition coefficient (Wildman–Crippen LogP) is 2.72. The van der Waals surface area contributed by atoms with Crippen LogP contribution in [0, 0.1) is 0 Å². The highest BCUT2D eigenvalue weighted by atomic mass is 16.3. The Morgan fingerprint density at radius 2 is 2.05 bits per heavy atom. The summed E-state index contributed by atoms with van der Waals surface area (Å²) in [5.41, 5.74) is 1.81. The minimum absolute atomic E-state index is 0.115. The van der Waals surface area contributed by atoms with Crippen molar-refractivity contribution in [3.05, 3.63) is 65.5 Å². The van der Waals surface area contributed by atoms with E-state index in [2.05, 4.69) is 10.3 Å². The molecule has 0 aliphatic carbocycles. The Labute approximate surface area is 131 Å². The Morgan fingerprint density at radius 3 is 2.73 bits per heavy atom. The number of aromatic nitrogens is 1. The van der Waals surface area contributed by atoms with Crippen molar-refractivity contribution in [1.29, 1.82) is 0 Å². The number of aryl methyl sites for hydroxylation is 1. The molecule has 0 atom stereocenters. The first kappa shape index (κ1) is 16.2. The van der Waals surface area contributed by atoms with Gasteiger partial charge in [-0.2, -0.15) is 0 Å². The number of pyridine rings is 1. The van der Waals surface area contributed by atoms with Crippen LogP contribution in [-0.4, -0.2) is 21.6 Å². The molecule has 22 heavy (non-hydrogen) atoms. The van der Waals surface area contributed by atoms with Crippen LogP contribution < -0.4 is 5.32 Å². The highest BCUT2D eigenvalue weighted by molar-refractivity contribution is 5.94. The van der Waals surface area contributed by atoms with Gasteiger partial charge in [0.15, 0.2) is 0 Å². The van der Waals surface area contributed by atoms with Crippen LogP contribution in [0.4, 0.5) is 0 Å². The van der Waals surface area contributed by atoms with Gasteiger partial charge in [-0.15, -0.1) is 0 Å². The maximum absolute atomic E-state index is 12.2. The predicted molar refractivity (Wildman–Crippen MR) is 86.5 cm³/mol. The summed E-state index contributed by atoms with van der Waals surface area (Å²) in [6.45, 7) is 3.99. The first-order valence-electron chi connectivity index (χ1n) is 7.43. The Balaban J connectivity index is 1.95. The second kappa shape index (κ2) is 7.18. The Kier molecular flexibility index (Phi) is 5.28. The molecule has 1 heterocycles. The fraction of sp³-hybridized carbons (Fsp3) is 0.333. The summed E-state index contributed by atoms with van der Waals surface area (Å²) in [5.74, 6) is -0.115. The smallest absolute Gasteiger partial charge is 0.251 e. The lowest BCUT2D eigenvalue weighted by molar-refractivity contribution is 0.0714. The summed E-state index contributed by atoms with van der Waals surface area (Å²) in [6, 6.07) is 13.1. The molecular formula is C18H22N2O2. The molecular weight excluding hydrogens is 276 g/mol. The normalized spacial score (nSPS) is 11.2. The van der Waals surface area contributed by atoms with Crippen LogP contribution in [0.5, 0.6) is 0 Å². The molecule has 0 aliphatic heterocycles. The Morgan fingerprint density at radius 1 is 1.23 bits per heavy atom. The van der Waals surface area contributed by atoms with Gasteiger partial charge >= 0.3 is 0 Å². The lowest BCUT2D eigenvalue weighted by Crippen LogP contribution is -2.23. The zero-order valence-corrected chi connectivity index (χ0v) is 13.0. The second-order valence-electron chi connectivity index (χ2n) is 6.02. The van der Waals surface area contributed by atoms with Crippen LogP contribution in [0.3, 0.4) is 0 Å². The number of rotatable bonds is 6. The summed E-state index contributed by atoms with van der Waals surface area (Å²) in [5, 5.41) is 12.6. The summed E-state index contributed by atoms with van der Waals surface area (Å²) in [4.78, 5) is 16.4. The first-order valence-corrected chi connectivity index (χ1v) is 7.43. The van der Waals surface area contributed by atoms with Crippen molar-refractivity contribution in [2.24, 2.45) is 0 Å². The molecule has 4 heteroatoms. The SMILES string of the molecule is CC(C)(O)CCc1cccc(C(=O)NCc2ccccn2)c1. The average molecular weight is 298 g/mol. The van der Waals surface area contributed by atoms with E-state index in [9.17, 15) is 9.90 Å². The highest BCUT2D eigenvalue weighted by Gasteiger charge is 2.13. The lowest BCUT2D eigenvalue weighted by atomic mass is 9.98. The van der Waals surface area contributed by atoms with Gasteiger partial charge in [0.1, 0.15) is 0 Å².